The molecule has 0 spiro atoms. The van der Waals surface area contributed by atoms with E-state index in [9.17, 15) is 14.9 Å². The number of carbonyl (C=O) groups is 1. The first kappa shape index (κ1) is 15.7. The van der Waals surface area contributed by atoms with Gasteiger partial charge in [0.1, 0.15) is 6.10 Å². The van der Waals surface area contributed by atoms with Crippen LogP contribution in [0.1, 0.15) is 46.5 Å². The smallest absolute Gasteiger partial charge is 0.308 e. The van der Waals surface area contributed by atoms with Crippen LogP contribution < -0.4 is 0 Å². The molecule has 0 saturated heterocycles. The van der Waals surface area contributed by atoms with Gasteiger partial charge in [0.15, 0.2) is 0 Å². The minimum atomic E-state index is -0.757. The minimum absolute atomic E-state index is 0.115. The summed E-state index contributed by atoms with van der Waals surface area (Å²) in [5.74, 6) is -0.324. The van der Waals surface area contributed by atoms with E-state index in [1.165, 1.54) is 0 Å². The first-order valence-corrected chi connectivity index (χ1v) is 5.95. The Labute approximate surface area is 101 Å². The molecule has 0 N–H and O–H groups in total. The van der Waals surface area contributed by atoms with Gasteiger partial charge in [-0.3, -0.25) is 4.79 Å². The maximum Gasteiger partial charge on any atom is 0.308 e. The molecule has 1 atom stereocenters. The van der Waals surface area contributed by atoms with Gasteiger partial charge in [0.25, 0.3) is 5.09 Å². The number of unbranched alkanes of at least 4 members (excludes halogenated alkanes) is 1. The van der Waals surface area contributed by atoms with Gasteiger partial charge in [0, 0.05) is 0 Å². The SMILES string of the molecule is CCC(CCCCOC(=O)C(C)C)O[N+](=O)[O-]. The third-order valence-electron chi connectivity index (χ3n) is 2.33. The van der Waals surface area contributed by atoms with Crippen LogP contribution in [0.3, 0.4) is 0 Å². The average Bonchev–Trinajstić information content (AvgIpc) is 2.25. The van der Waals surface area contributed by atoms with Crippen LogP contribution in [0.25, 0.3) is 0 Å². The first-order valence-electron chi connectivity index (χ1n) is 5.95. The van der Waals surface area contributed by atoms with Gasteiger partial charge in [-0.2, -0.15) is 0 Å². The summed E-state index contributed by atoms with van der Waals surface area (Å²) in [7, 11) is 0. The summed E-state index contributed by atoms with van der Waals surface area (Å²) in [5, 5.41) is 9.38. The quantitative estimate of drug-likeness (QED) is 0.270. The van der Waals surface area contributed by atoms with Crippen LogP contribution in [0.15, 0.2) is 0 Å². The van der Waals surface area contributed by atoms with Gasteiger partial charge < -0.3 is 9.57 Å². The fourth-order valence-corrected chi connectivity index (χ4v) is 1.27. The minimum Gasteiger partial charge on any atom is -0.465 e. The van der Waals surface area contributed by atoms with Crippen LogP contribution in [0, 0.1) is 16.0 Å². The molecule has 0 fully saturated rings. The van der Waals surface area contributed by atoms with E-state index in [-0.39, 0.29) is 18.0 Å². The number of ether oxygens (including phenoxy) is 1. The topological polar surface area (TPSA) is 78.7 Å². The zero-order valence-electron chi connectivity index (χ0n) is 10.7. The van der Waals surface area contributed by atoms with Gasteiger partial charge >= 0.3 is 5.97 Å². The highest BCUT2D eigenvalue weighted by molar-refractivity contribution is 5.71. The molecule has 0 aromatic rings. The second-order valence-electron chi connectivity index (χ2n) is 4.18. The van der Waals surface area contributed by atoms with Gasteiger partial charge in [-0.1, -0.05) is 20.8 Å². The molecule has 0 amide bonds. The van der Waals surface area contributed by atoms with E-state index in [1.807, 2.05) is 6.92 Å². The molecule has 0 rings (SSSR count). The Hall–Kier alpha value is -1.33. The van der Waals surface area contributed by atoms with Crippen molar-refractivity contribution in [1.82, 2.24) is 0 Å². The highest BCUT2D eigenvalue weighted by atomic mass is 17.0. The normalized spacial score (nSPS) is 12.2. The maximum absolute atomic E-state index is 11.1. The first-order chi connectivity index (χ1) is 7.97. The molecule has 0 heterocycles. The van der Waals surface area contributed by atoms with Crippen molar-refractivity contribution < 1.29 is 19.5 Å². The molecule has 0 aromatic heterocycles. The van der Waals surface area contributed by atoms with Gasteiger partial charge in [0.2, 0.25) is 0 Å². The van der Waals surface area contributed by atoms with Crippen molar-refractivity contribution in [3.63, 3.8) is 0 Å². The Bertz CT molecular complexity index is 242. The van der Waals surface area contributed by atoms with Crippen molar-refractivity contribution in [3.05, 3.63) is 10.1 Å². The van der Waals surface area contributed by atoms with E-state index in [0.717, 1.165) is 6.42 Å². The van der Waals surface area contributed by atoms with Crippen molar-refractivity contribution in [3.8, 4) is 0 Å². The van der Waals surface area contributed by atoms with Gasteiger partial charge in [-0.25, -0.2) is 0 Å². The van der Waals surface area contributed by atoms with Gasteiger partial charge in [0.05, 0.1) is 12.5 Å². The summed E-state index contributed by atoms with van der Waals surface area (Å²) in [6.45, 7) is 5.76. The number of rotatable bonds is 9. The molecule has 1 unspecified atom stereocenters. The average molecular weight is 247 g/mol. The predicted molar refractivity (Wildman–Crippen MR) is 61.8 cm³/mol. The second kappa shape index (κ2) is 8.78. The van der Waals surface area contributed by atoms with E-state index in [4.69, 9.17) is 4.74 Å². The lowest BCUT2D eigenvalue weighted by molar-refractivity contribution is -0.768. The lowest BCUT2D eigenvalue weighted by atomic mass is 10.1. The molecule has 17 heavy (non-hydrogen) atoms. The van der Waals surface area contributed by atoms with Gasteiger partial charge in [-0.05, 0) is 25.7 Å². The van der Waals surface area contributed by atoms with Crippen molar-refractivity contribution in [1.29, 1.82) is 0 Å². The van der Waals surface area contributed by atoms with Crippen LogP contribution in [-0.2, 0) is 14.4 Å². The van der Waals surface area contributed by atoms with E-state index in [1.54, 1.807) is 13.8 Å². The van der Waals surface area contributed by atoms with Crippen molar-refractivity contribution >= 4 is 5.97 Å². The van der Waals surface area contributed by atoms with E-state index >= 15 is 0 Å². The summed E-state index contributed by atoms with van der Waals surface area (Å²) in [5.41, 5.74) is 0. The lowest BCUT2D eigenvalue weighted by Crippen LogP contribution is -2.16. The zero-order valence-corrected chi connectivity index (χ0v) is 10.7. The highest BCUT2D eigenvalue weighted by Crippen LogP contribution is 2.09. The molecule has 100 valence electrons. The fraction of sp³-hybridized carbons (Fsp3) is 0.909. The molecule has 6 heteroatoms. The number of hydrogen-bond donors (Lipinski definition) is 0. The lowest BCUT2D eigenvalue weighted by Gasteiger charge is -2.12. The summed E-state index contributed by atoms with van der Waals surface area (Å²) in [6.07, 6.45) is 2.31. The van der Waals surface area contributed by atoms with E-state index in [2.05, 4.69) is 4.84 Å². The van der Waals surface area contributed by atoms with E-state index in [0.29, 0.717) is 25.9 Å². The third kappa shape index (κ3) is 8.47. The van der Waals surface area contributed by atoms with Gasteiger partial charge in [-0.15, -0.1) is 10.1 Å². The Balaban J connectivity index is 3.55. The summed E-state index contributed by atoms with van der Waals surface area (Å²) in [4.78, 5) is 25.7. The molecule has 0 saturated carbocycles. The Kier molecular flexibility index (Phi) is 8.09. The summed E-state index contributed by atoms with van der Waals surface area (Å²) in [6, 6.07) is 0. The van der Waals surface area contributed by atoms with Crippen LogP contribution in [0.4, 0.5) is 0 Å². The molecule has 0 aliphatic carbocycles. The number of carbonyl (C=O) groups excluding carboxylic acids is 1. The number of nitrogens with zero attached hydrogens (tertiary/aromatic N) is 1. The molecule has 0 aromatic carbocycles. The van der Waals surface area contributed by atoms with Crippen LogP contribution in [0.5, 0.6) is 0 Å². The monoisotopic (exact) mass is 247 g/mol. The predicted octanol–water partition coefficient (Wildman–Crippen LogP) is 2.34. The standard InChI is InChI=1S/C11H21NO5/c1-4-10(17-12(14)15)7-5-6-8-16-11(13)9(2)3/h9-10H,4-8H2,1-3H3. The molecular weight excluding hydrogens is 226 g/mol. The van der Waals surface area contributed by atoms with E-state index < -0.39 is 5.09 Å². The second-order valence-corrected chi connectivity index (χ2v) is 4.18. The Morgan fingerprint density at radius 1 is 1.35 bits per heavy atom. The Morgan fingerprint density at radius 3 is 2.47 bits per heavy atom. The molecule has 0 bridgehead atoms. The summed E-state index contributed by atoms with van der Waals surface area (Å²) < 4.78 is 4.99. The Morgan fingerprint density at radius 2 is 2.00 bits per heavy atom. The molecule has 0 radical (unpaired) electrons. The molecule has 0 aliphatic rings. The highest BCUT2D eigenvalue weighted by Gasteiger charge is 2.11. The van der Waals surface area contributed by atoms with Crippen LogP contribution >= 0.6 is 0 Å². The van der Waals surface area contributed by atoms with Crippen LogP contribution in [-0.4, -0.2) is 23.8 Å². The molecular formula is C11H21NO5. The maximum atomic E-state index is 11.1. The molecule has 6 nitrogen and oxygen atoms in total. The van der Waals surface area contributed by atoms with Crippen molar-refractivity contribution in [2.45, 2.75) is 52.6 Å². The zero-order chi connectivity index (χ0) is 13.3. The number of esters is 1. The fourth-order valence-electron chi connectivity index (χ4n) is 1.27. The largest absolute Gasteiger partial charge is 0.465 e. The van der Waals surface area contributed by atoms with Crippen molar-refractivity contribution in [2.24, 2.45) is 5.92 Å². The molecule has 0 aliphatic heterocycles. The third-order valence-corrected chi connectivity index (χ3v) is 2.33. The summed E-state index contributed by atoms with van der Waals surface area (Å²) >= 11 is 0. The van der Waals surface area contributed by atoms with Crippen molar-refractivity contribution in [2.75, 3.05) is 6.61 Å². The van der Waals surface area contributed by atoms with Crippen LogP contribution in [0.2, 0.25) is 0 Å². The number of hydrogen-bond acceptors (Lipinski definition) is 5.